The van der Waals surface area contributed by atoms with Crippen LogP contribution in [0.2, 0.25) is 5.02 Å². The SMILES string of the molecule is CCCN1CCC(=NNC(=O)COc2ccccc2Cl)CC1. The second kappa shape index (κ2) is 8.76. The Balaban J connectivity index is 1.72. The van der Waals surface area contributed by atoms with E-state index in [9.17, 15) is 4.79 Å². The molecule has 0 radical (unpaired) electrons. The van der Waals surface area contributed by atoms with E-state index in [0.29, 0.717) is 10.8 Å². The molecule has 0 unspecified atom stereocenters. The van der Waals surface area contributed by atoms with Gasteiger partial charge in [0.1, 0.15) is 5.75 Å². The number of para-hydroxylation sites is 1. The zero-order valence-electron chi connectivity index (χ0n) is 12.8. The standard InChI is InChI=1S/C16H22ClN3O2/c1-2-9-20-10-7-13(8-11-20)18-19-16(21)12-22-15-6-4-3-5-14(15)17/h3-6H,2,7-12H2,1H3,(H,19,21). The molecule has 0 atom stereocenters. The average Bonchev–Trinajstić information content (AvgIpc) is 2.54. The number of likely N-dealkylation sites (tertiary alicyclic amines) is 1. The van der Waals surface area contributed by atoms with E-state index in [2.05, 4.69) is 22.4 Å². The minimum Gasteiger partial charge on any atom is -0.482 e. The number of hydrogen-bond acceptors (Lipinski definition) is 4. The predicted molar refractivity (Wildman–Crippen MR) is 88.5 cm³/mol. The summed E-state index contributed by atoms with van der Waals surface area (Å²) in [5.41, 5.74) is 3.59. The fraction of sp³-hybridized carbons (Fsp3) is 0.500. The third-order valence-electron chi connectivity index (χ3n) is 3.51. The van der Waals surface area contributed by atoms with E-state index in [1.807, 2.05) is 12.1 Å². The number of carbonyl (C=O) groups is 1. The van der Waals surface area contributed by atoms with E-state index in [-0.39, 0.29) is 12.5 Å². The summed E-state index contributed by atoms with van der Waals surface area (Å²) in [5.74, 6) is 0.225. The molecule has 1 amide bonds. The minimum atomic E-state index is -0.275. The van der Waals surface area contributed by atoms with Gasteiger partial charge in [-0.2, -0.15) is 5.10 Å². The molecule has 1 aromatic rings. The van der Waals surface area contributed by atoms with Crippen molar-refractivity contribution in [1.82, 2.24) is 10.3 Å². The number of ether oxygens (including phenoxy) is 1. The molecule has 0 bridgehead atoms. The van der Waals surface area contributed by atoms with Crippen LogP contribution in [0.1, 0.15) is 26.2 Å². The van der Waals surface area contributed by atoms with Crippen molar-refractivity contribution in [2.24, 2.45) is 5.10 Å². The summed E-state index contributed by atoms with van der Waals surface area (Å²) < 4.78 is 5.37. The van der Waals surface area contributed by atoms with E-state index in [0.717, 1.165) is 38.2 Å². The third-order valence-corrected chi connectivity index (χ3v) is 3.82. The van der Waals surface area contributed by atoms with Gasteiger partial charge >= 0.3 is 0 Å². The van der Waals surface area contributed by atoms with Crippen molar-refractivity contribution in [2.75, 3.05) is 26.2 Å². The molecule has 1 aromatic carbocycles. The summed E-state index contributed by atoms with van der Waals surface area (Å²) in [4.78, 5) is 14.2. The molecule has 0 aromatic heterocycles. The zero-order chi connectivity index (χ0) is 15.8. The van der Waals surface area contributed by atoms with Crippen molar-refractivity contribution in [1.29, 1.82) is 0 Å². The summed E-state index contributed by atoms with van der Waals surface area (Å²) in [6.07, 6.45) is 2.99. The number of amides is 1. The first-order chi connectivity index (χ1) is 10.7. The van der Waals surface area contributed by atoms with Crippen molar-refractivity contribution in [3.63, 3.8) is 0 Å². The van der Waals surface area contributed by atoms with Gasteiger partial charge in [-0.15, -0.1) is 0 Å². The molecule has 120 valence electrons. The number of piperidine rings is 1. The number of benzene rings is 1. The van der Waals surface area contributed by atoms with E-state index in [1.54, 1.807) is 12.1 Å². The molecule has 1 heterocycles. The molecule has 6 heteroatoms. The van der Waals surface area contributed by atoms with Crippen LogP contribution in [-0.4, -0.2) is 42.8 Å². The molecular weight excluding hydrogens is 302 g/mol. The van der Waals surface area contributed by atoms with Gasteiger partial charge in [-0.05, 0) is 25.1 Å². The van der Waals surface area contributed by atoms with E-state index in [1.165, 1.54) is 6.42 Å². The van der Waals surface area contributed by atoms with Gasteiger partial charge in [0.2, 0.25) is 0 Å². The highest BCUT2D eigenvalue weighted by Gasteiger charge is 2.14. The van der Waals surface area contributed by atoms with Crippen LogP contribution < -0.4 is 10.2 Å². The predicted octanol–water partition coefficient (Wildman–Crippen LogP) is 2.70. The molecule has 1 N–H and O–H groups in total. The van der Waals surface area contributed by atoms with E-state index in [4.69, 9.17) is 16.3 Å². The van der Waals surface area contributed by atoms with Crippen LogP contribution in [0.25, 0.3) is 0 Å². The Kier molecular flexibility index (Phi) is 6.68. The van der Waals surface area contributed by atoms with Gasteiger partial charge in [0, 0.05) is 31.6 Å². The number of nitrogens with zero attached hydrogens (tertiary/aromatic N) is 2. The van der Waals surface area contributed by atoms with Crippen LogP contribution >= 0.6 is 11.6 Å². The molecular formula is C16H22ClN3O2. The number of hydrazone groups is 1. The maximum Gasteiger partial charge on any atom is 0.277 e. The number of carbonyl (C=O) groups excluding carboxylic acids is 1. The summed E-state index contributed by atoms with van der Waals surface area (Å²) >= 11 is 5.96. The quantitative estimate of drug-likeness (QED) is 0.819. The lowest BCUT2D eigenvalue weighted by Crippen LogP contribution is -2.35. The van der Waals surface area contributed by atoms with Crippen LogP contribution in [-0.2, 0) is 4.79 Å². The highest BCUT2D eigenvalue weighted by molar-refractivity contribution is 6.32. The Hall–Kier alpha value is -1.59. The topological polar surface area (TPSA) is 53.9 Å². The minimum absolute atomic E-state index is 0.0948. The molecule has 0 spiro atoms. The van der Waals surface area contributed by atoms with Crippen molar-refractivity contribution < 1.29 is 9.53 Å². The largest absolute Gasteiger partial charge is 0.482 e. The highest BCUT2D eigenvalue weighted by Crippen LogP contribution is 2.22. The van der Waals surface area contributed by atoms with Crippen molar-refractivity contribution in [2.45, 2.75) is 26.2 Å². The lowest BCUT2D eigenvalue weighted by molar-refractivity contribution is -0.123. The summed E-state index contributed by atoms with van der Waals surface area (Å²) in [6.45, 7) is 5.24. The summed E-state index contributed by atoms with van der Waals surface area (Å²) in [7, 11) is 0. The third kappa shape index (κ3) is 5.31. The molecule has 1 aliphatic rings. The fourth-order valence-corrected chi connectivity index (χ4v) is 2.53. The Labute approximate surface area is 136 Å². The number of halogens is 1. The Bertz CT molecular complexity index is 524. The molecule has 5 nitrogen and oxygen atoms in total. The summed E-state index contributed by atoms with van der Waals surface area (Å²) in [6, 6.07) is 7.07. The zero-order valence-corrected chi connectivity index (χ0v) is 13.6. The van der Waals surface area contributed by atoms with E-state index < -0.39 is 0 Å². The number of hydrogen-bond donors (Lipinski definition) is 1. The molecule has 2 rings (SSSR count). The molecule has 0 saturated carbocycles. The molecule has 1 saturated heterocycles. The molecule has 1 fully saturated rings. The summed E-state index contributed by atoms with van der Waals surface area (Å²) in [5, 5.41) is 4.68. The van der Waals surface area contributed by atoms with Gasteiger partial charge in [0.15, 0.2) is 6.61 Å². The van der Waals surface area contributed by atoms with Gasteiger partial charge in [0.25, 0.3) is 5.91 Å². The van der Waals surface area contributed by atoms with Crippen LogP contribution in [0.4, 0.5) is 0 Å². The lowest BCUT2D eigenvalue weighted by atomic mass is 10.1. The van der Waals surface area contributed by atoms with Crippen LogP contribution in [0.3, 0.4) is 0 Å². The van der Waals surface area contributed by atoms with Crippen LogP contribution in [0, 0.1) is 0 Å². The second-order valence-corrected chi connectivity index (χ2v) is 5.68. The Morgan fingerprint density at radius 2 is 2.09 bits per heavy atom. The number of rotatable bonds is 6. The van der Waals surface area contributed by atoms with Crippen molar-refractivity contribution in [3.8, 4) is 5.75 Å². The van der Waals surface area contributed by atoms with Gasteiger partial charge in [-0.1, -0.05) is 30.7 Å². The second-order valence-electron chi connectivity index (χ2n) is 5.27. The average molecular weight is 324 g/mol. The normalized spacial score (nSPS) is 15.5. The maximum absolute atomic E-state index is 11.7. The van der Waals surface area contributed by atoms with Gasteiger partial charge in [0.05, 0.1) is 5.02 Å². The van der Waals surface area contributed by atoms with Crippen molar-refractivity contribution in [3.05, 3.63) is 29.3 Å². The van der Waals surface area contributed by atoms with Crippen LogP contribution in [0.15, 0.2) is 29.4 Å². The first-order valence-electron chi connectivity index (χ1n) is 7.63. The van der Waals surface area contributed by atoms with Gasteiger partial charge in [-0.25, -0.2) is 5.43 Å². The fourth-order valence-electron chi connectivity index (χ4n) is 2.34. The first-order valence-corrected chi connectivity index (χ1v) is 8.00. The highest BCUT2D eigenvalue weighted by atomic mass is 35.5. The molecule has 0 aliphatic carbocycles. The smallest absolute Gasteiger partial charge is 0.277 e. The van der Waals surface area contributed by atoms with Crippen LogP contribution in [0.5, 0.6) is 5.75 Å². The maximum atomic E-state index is 11.7. The molecule has 22 heavy (non-hydrogen) atoms. The lowest BCUT2D eigenvalue weighted by Gasteiger charge is -2.26. The molecule has 1 aliphatic heterocycles. The van der Waals surface area contributed by atoms with Crippen molar-refractivity contribution >= 4 is 23.2 Å². The number of nitrogens with one attached hydrogen (secondary N) is 1. The Morgan fingerprint density at radius 3 is 2.77 bits per heavy atom. The van der Waals surface area contributed by atoms with Gasteiger partial charge in [-0.3, -0.25) is 4.79 Å². The van der Waals surface area contributed by atoms with E-state index >= 15 is 0 Å². The monoisotopic (exact) mass is 323 g/mol. The first kappa shape index (κ1) is 16.8. The Morgan fingerprint density at radius 1 is 1.36 bits per heavy atom. The van der Waals surface area contributed by atoms with Gasteiger partial charge < -0.3 is 9.64 Å².